The SMILES string of the molecule is CCC[C@@H](C(=O)OC)N1c2cc(C)c(C)cc2[C@H](C)CC1(C)C. The molecule has 3 nitrogen and oxygen atoms in total. The fraction of sp³-hybridized carbons (Fsp3) is 0.650. The van der Waals surface area contributed by atoms with E-state index in [0.717, 1.165) is 19.3 Å². The van der Waals surface area contributed by atoms with Gasteiger partial charge in [0.25, 0.3) is 0 Å². The third-order valence-corrected chi connectivity index (χ3v) is 5.24. The fourth-order valence-corrected chi connectivity index (χ4v) is 4.06. The second-order valence-corrected chi connectivity index (χ2v) is 7.61. The molecule has 0 saturated heterocycles. The van der Waals surface area contributed by atoms with Crippen molar-refractivity contribution in [2.45, 2.75) is 78.3 Å². The molecule has 0 aromatic heterocycles. The largest absolute Gasteiger partial charge is 0.467 e. The van der Waals surface area contributed by atoms with Crippen LogP contribution in [0, 0.1) is 13.8 Å². The Balaban J connectivity index is 2.62. The van der Waals surface area contributed by atoms with Gasteiger partial charge in [-0.2, -0.15) is 0 Å². The molecule has 1 aliphatic heterocycles. The van der Waals surface area contributed by atoms with Gasteiger partial charge in [0.15, 0.2) is 0 Å². The molecule has 23 heavy (non-hydrogen) atoms. The number of rotatable bonds is 4. The zero-order valence-corrected chi connectivity index (χ0v) is 15.7. The number of ether oxygens (including phenoxy) is 1. The summed E-state index contributed by atoms with van der Waals surface area (Å²) in [4.78, 5) is 14.8. The Hall–Kier alpha value is -1.51. The second-order valence-electron chi connectivity index (χ2n) is 7.61. The van der Waals surface area contributed by atoms with E-state index < -0.39 is 0 Å². The van der Waals surface area contributed by atoms with Crippen LogP contribution in [0.25, 0.3) is 0 Å². The fourth-order valence-electron chi connectivity index (χ4n) is 4.06. The van der Waals surface area contributed by atoms with Crippen LogP contribution in [0.1, 0.15) is 69.6 Å². The van der Waals surface area contributed by atoms with Crippen molar-refractivity contribution in [3.63, 3.8) is 0 Å². The summed E-state index contributed by atoms with van der Waals surface area (Å²) < 4.78 is 5.13. The minimum atomic E-state index is -0.214. The van der Waals surface area contributed by atoms with Crippen molar-refractivity contribution < 1.29 is 9.53 Å². The summed E-state index contributed by atoms with van der Waals surface area (Å²) in [6, 6.07) is 4.35. The molecule has 1 aromatic rings. The van der Waals surface area contributed by atoms with E-state index in [1.54, 1.807) is 0 Å². The average molecular weight is 317 g/mol. The molecular weight excluding hydrogens is 286 g/mol. The summed E-state index contributed by atoms with van der Waals surface area (Å²) in [5, 5.41) is 0. The van der Waals surface area contributed by atoms with Crippen LogP contribution in [-0.4, -0.2) is 24.7 Å². The average Bonchev–Trinajstić information content (AvgIpc) is 2.47. The van der Waals surface area contributed by atoms with Crippen LogP contribution >= 0.6 is 0 Å². The number of nitrogens with zero attached hydrogens (tertiary/aromatic N) is 1. The quantitative estimate of drug-likeness (QED) is 0.751. The van der Waals surface area contributed by atoms with Gasteiger partial charge in [-0.3, -0.25) is 0 Å². The van der Waals surface area contributed by atoms with Gasteiger partial charge in [-0.25, -0.2) is 4.79 Å². The maximum atomic E-state index is 12.5. The monoisotopic (exact) mass is 317 g/mol. The minimum Gasteiger partial charge on any atom is -0.467 e. The molecule has 0 N–H and O–H groups in total. The summed E-state index contributed by atoms with van der Waals surface area (Å²) in [6.07, 6.45) is 2.82. The van der Waals surface area contributed by atoms with Gasteiger partial charge in [-0.15, -0.1) is 0 Å². The van der Waals surface area contributed by atoms with Gasteiger partial charge >= 0.3 is 5.97 Å². The molecule has 1 aromatic carbocycles. The van der Waals surface area contributed by atoms with Crippen molar-refractivity contribution in [1.82, 2.24) is 0 Å². The lowest BCUT2D eigenvalue weighted by molar-refractivity contribution is -0.142. The highest BCUT2D eigenvalue weighted by molar-refractivity contribution is 5.82. The lowest BCUT2D eigenvalue weighted by Gasteiger charge is -2.50. The molecule has 2 rings (SSSR count). The third-order valence-electron chi connectivity index (χ3n) is 5.24. The van der Waals surface area contributed by atoms with Crippen LogP contribution in [0.2, 0.25) is 0 Å². The number of hydrogen-bond donors (Lipinski definition) is 0. The third kappa shape index (κ3) is 3.24. The van der Waals surface area contributed by atoms with E-state index in [1.165, 1.54) is 29.5 Å². The topological polar surface area (TPSA) is 29.5 Å². The Bertz CT molecular complexity index is 592. The first-order chi connectivity index (χ1) is 10.7. The van der Waals surface area contributed by atoms with Gasteiger partial charge in [-0.05, 0) is 69.2 Å². The van der Waals surface area contributed by atoms with Crippen molar-refractivity contribution in [2.24, 2.45) is 0 Å². The molecule has 128 valence electrons. The number of carbonyl (C=O) groups is 1. The lowest BCUT2D eigenvalue weighted by atomic mass is 9.78. The number of benzene rings is 1. The molecule has 1 aliphatic rings. The predicted octanol–water partition coefficient (Wildman–Crippen LogP) is 4.74. The number of fused-ring (bicyclic) bond motifs is 1. The van der Waals surface area contributed by atoms with Gasteiger partial charge in [0.1, 0.15) is 6.04 Å². The van der Waals surface area contributed by atoms with Crippen molar-refractivity contribution >= 4 is 11.7 Å². The molecule has 1 heterocycles. The van der Waals surface area contributed by atoms with Crippen LogP contribution in [0.4, 0.5) is 5.69 Å². The molecular formula is C20H31NO2. The van der Waals surface area contributed by atoms with Crippen molar-refractivity contribution in [2.75, 3.05) is 12.0 Å². The molecule has 0 bridgehead atoms. The summed E-state index contributed by atoms with van der Waals surface area (Å²) in [5.74, 6) is 0.370. The smallest absolute Gasteiger partial charge is 0.328 e. The Kier molecular flexibility index (Phi) is 5.07. The molecule has 0 spiro atoms. The van der Waals surface area contributed by atoms with Crippen LogP contribution in [0.5, 0.6) is 0 Å². The first-order valence-electron chi connectivity index (χ1n) is 8.71. The summed E-state index contributed by atoms with van der Waals surface area (Å²) in [6.45, 7) is 13.2. The van der Waals surface area contributed by atoms with Crippen molar-refractivity contribution in [1.29, 1.82) is 0 Å². The first kappa shape index (κ1) is 17.8. The van der Waals surface area contributed by atoms with E-state index in [0.29, 0.717) is 5.92 Å². The minimum absolute atomic E-state index is 0.0673. The summed E-state index contributed by atoms with van der Waals surface area (Å²) in [7, 11) is 1.49. The Morgan fingerprint density at radius 1 is 1.35 bits per heavy atom. The second kappa shape index (κ2) is 6.54. The lowest BCUT2D eigenvalue weighted by Crippen LogP contribution is -2.56. The van der Waals surface area contributed by atoms with E-state index in [2.05, 4.69) is 58.6 Å². The maximum Gasteiger partial charge on any atom is 0.328 e. The number of methoxy groups -OCH3 is 1. The van der Waals surface area contributed by atoms with E-state index in [-0.39, 0.29) is 17.6 Å². The van der Waals surface area contributed by atoms with Gasteiger partial charge in [0.05, 0.1) is 7.11 Å². The van der Waals surface area contributed by atoms with E-state index >= 15 is 0 Å². The molecule has 0 amide bonds. The molecule has 0 saturated carbocycles. The zero-order valence-electron chi connectivity index (χ0n) is 15.7. The van der Waals surface area contributed by atoms with E-state index in [1.807, 2.05) is 0 Å². The number of hydrogen-bond acceptors (Lipinski definition) is 3. The summed E-state index contributed by atoms with van der Waals surface area (Å²) in [5.41, 5.74) is 5.10. The number of esters is 1. The Labute approximate surface area is 141 Å². The van der Waals surface area contributed by atoms with Crippen molar-refractivity contribution in [3.8, 4) is 0 Å². The van der Waals surface area contributed by atoms with Crippen molar-refractivity contribution in [3.05, 3.63) is 28.8 Å². The van der Waals surface area contributed by atoms with Crippen LogP contribution < -0.4 is 4.90 Å². The first-order valence-corrected chi connectivity index (χ1v) is 8.71. The van der Waals surface area contributed by atoms with Crippen LogP contribution in [-0.2, 0) is 9.53 Å². The van der Waals surface area contributed by atoms with Crippen LogP contribution in [0.15, 0.2) is 12.1 Å². The molecule has 0 fully saturated rings. The standard InChI is InChI=1S/C20H31NO2/c1-8-9-17(19(22)23-7)21-18-11-14(3)13(2)10-16(18)15(4)12-20(21,5)6/h10-11,15,17H,8-9,12H2,1-7H3/t15-,17+/m1/s1. The predicted molar refractivity (Wildman–Crippen MR) is 96.2 cm³/mol. The highest BCUT2D eigenvalue weighted by Gasteiger charge is 2.42. The summed E-state index contributed by atoms with van der Waals surface area (Å²) >= 11 is 0. The molecule has 0 unspecified atom stereocenters. The number of carbonyl (C=O) groups excluding carboxylic acids is 1. The Morgan fingerprint density at radius 2 is 1.96 bits per heavy atom. The maximum absolute atomic E-state index is 12.5. The Morgan fingerprint density at radius 3 is 2.52 bits per heavy atom. The number of anilines is 1. The van der Waals surface area contributed by atoms with E-state index in [4.69, 9.17) is 4.74 Å². The molecule has 0 radical (unpaired) electrons. The van der Waals surface area contributed by atoms with Crippen LogP contribution in [0.3, 0.4) is 0 Å². The van der Waals surface area contributed by atoms with E-state index in [9.17, 15) is 4.79 Å². The van der Waals surface area contributed by atoms with Gasteiger partial charge in [0, 0.05) is 11.2 Å². The number of aryl methyl sites for hydroxylation is 2. The molecule has 2 atom stereocenters. The highest BCUT2D eigenvalue weighted by Crippen LogP contribution is 2.46. The molecule has 3 heteroatoms. The zero-order chi connectivity index (χ0) is 17.4. The van der Waals surface area contributed by atoms with Gasteiger partial charge in [0.2, 0.25) is 0 Å². The van der Waals surface area contributed by atoms with Gasteiger partial charge in [-0.1, -0.05) is 26.3 Å². The van der Waals surface area contributed by atoms with Gasteiger partial charge < -0.3 is 9.64 Å². The normalized spacial score (nSPS) is 20.8. The molecule has 0 aliphatic carbocycles. The highest BCUT2D eigenvalue weighted by atomic mass is 16.5.